The number of rotatable bonds is 5. The molecular formula is C22H20N2O5. The van der Waals surface area contributed by atoms with Crippen LogP contribution in [0.5, 0.6) is 0 Å². The van der Waals surface area contributed by atoms with Gasteiger partial charge in [0.25, 0.3) is 0 Å². The van der Waals surface area contributed by atoms with E-state index in [2.05, 4.69) is 16.6 Å². The summed E-state index contributed by atoms with van der Waals surface area (Å²) in [7, 11) is 0. The molecule has 0 saturated carbocycles. The van der Waals surface area contributed by atoms with Crippen molar-refractivity contribution in [1.82, 2.24) is 10.6 Å². The zero-order valence-electron chi connectivity index (χ0n) is 15.8. The van der Waals surface area contributed by atoms with Crippen LogP contribution in [0.2, 0.25) is 0 Å². The summed E-state index contributed by atoms with van der Waals surface area (Å²) >= 11 is 0. The Morgan fingerprint density at radius 3 is 2.24 bits per heavy atom. The second-order valence-corrected chi connectivity index (χ2v) is 6.52. The Balaban J connectivity index is 1.55. The molecule has 0 saturated heterocycles. The summed E-state index contributed by atoms with van der Waals surface area (Å²) in [5, 5.41) is 13.3. The molecule has 0 aliphatic heterocycles. The molecule has 2 aromatic rings. The van der Waals surface area contributed by atoms with Gasteiger partial charge in [-0.25, -0.2) is 9.59 Å². The zero-order chi connectivity index (χ0) is 20.8. The topological polar surface area (TPSA) is 105 Å². The number of hydrogen-bond donors (Lipinski definition) is 3. The maximum Gasteiger partial charge on any atom is 0.407 e. The largest absolute Gasteiger partial charge is 0.472 e. The first-order chi connectivity index (χ1) is 14.0. The average Bonchev–Trinajstić information content (AvgIpc) is 3.03. The molecule has 3 rings (SSSR count). The van der Waals surface area contributed by atoms with E-state index in [4.69, 9.17) is 9.84 Å². The molecule has 0 bridgehead atoms. The lowest BCUT2D eigenvalue weighted by atomic mass is 9.98. The van der Waals surface area contributed by atoms with Crippen LogP contribution in [0.4, 0.5) is 4.79 Å². The Morgan fingerprint density at radius 2 is 1.66 bits per heavy atom. The lowest BCUT2D eigenvalue weighted by molar-refractivity contribution is -0.130. The minimum absolute atomic E-state index is 0.0661. The number of aliphatic carboxylic acids is 1. The number of hydrogen-bond acceptors (Lipinski definition) is 4. The molecular weight excluding hydrogens is 372 g/mol. The monoisotopic (exact) mass is 392 g/mol. The second-order valence-electron chi connectivity index (χ2n) is 6.52. The fourth-order valence-corrected chi connectivity index (χ4v) is 3.29. The number of carbonyl (C=O) groups is 3. The summed E-state index contributed by atoms with van der Waals surface area (Å²) in [5.41, 5.74) is 4.47. The van der Waals surface area contributed by atoms with Crippen LogP contribution in [0.15, 0.2) is 48.5 Å². The molecule has 7 nitrogen and oxygen atoms in total. The standard InChI is InChI=1S/C22H20N2O5/c1-14(21(27)23-12-6-11-20(25)26)24-22(28)29-13-19-17-9-4-2-7-15(17)16-8-3-5-10-18(16)19/h2-5,7-10,14,19H,12-13H2,1H3,(H,23,27)(H,24,28)(H,25,26)/t14-/m1/s1. The first-order valence-electron chi connectivity index (χ1n) is 9.08. The van der Waals surface area contributed by atoms with Crippen LogP contribution < -0.4 is 10.6 Å². The summed E-state index contributed by atoms with van der Waals surface area (Å²) in [4.78, 5) is 34.4. The molecule has 1 atom stereocenters. The molecule has 29 heavy (non-hydrogen) atoms. The maximum atomic E-state index is 12.1. The highest BCUT2D eigenvalue weighted by molar-refractivity contribution is 5.87. The quantitative estimate of drug-likeness (QED) is 0.676. The summed E-state index contributed by atoms with van der Waals surface area (Å²) in [5.74, 6) is 2.34. The third-order valence-corrected chi connectivity index (χ3v) is 4.62. The van der Waals surface area contributed by atoms with Gasteiger partial charge in [0.1, 0.15) is 12.6 Å². The molecule has 148 valence electrons. The van der Waals surface area contributed by atoms with Gasteiger partial charge in [-0.05, 0) is 29.2 Å². The molecule has 1 aliphatic rings. The molecule has 2 amide bonds. The Morgan fingerprint density at radius 1 is 1.07 bits per heavy atom. The molecule has 7 heteroatoms. The number of carboxylic acids is 1. The van der Waals surface area contributed by atoms with E-state index in [1.54, 1.807) is 0 Å². The molecule has 0 heterocycles. The Labute approximate surface area is 168 Å². The van der Waals surface area contributed by atoms with E-state index < -0.39 is 24.0 Å². The number of carboxylic acid groups (broad SMARTS) is 1. The van der Waals surface area contributed by atoms with Gasteiger partial charge in [-0.15, -0.1) is 0 Å². The number of alkyl carbamates (subject to hydrolysis) is 1. The van der Waals surface area contributed by atoms with Crippen LogP contribution in [0.3, 0.4) is 0 Å². The first-order valence-corrected chi connectivity index (χ1v) is 9.08. The van der Waals surface area contributed by atoms with Gasteiger partial charge in [-0.1, -0.05) is 54.5 Å². The van der Waals surface area contributed by atoms with Crippen molar-refractivity contribution in [2.45, 2.75) is 18.9 Å². The number of ether oxygens (including phenoxy) is 1. The van der Waals surface area contributed by atoms with Crippen molar-refractivity contribution in [3.63, 3.8) is 0 Å². The SMILES string of the molecule is C[C@@H](NC(=O)OCC1c2ccccc2-c2ccccc21)C(=O)NCC#CC(=O)O. The van der Waals surface area contributed by atoms with E-state index in [1.807, 2.05) is 54.5 Å². The van der Waals surface area contributed by atoms with E-state index >= 15 is 0 Å². The van der Waals surface area contributed by atoms with Gasteiger partial charge < -0.3 is 20.5 Å². The van der Waals surface area contributed by atoms with E-state index in [9.17, 15) is 14.4 Å². The van der Waals surface area contributed by atoms with Gasteiger partial charge in [0.05, 0.1) is 6.54 Å². The van der Waals surface area contributed by atoms with Crippen LogP contribution in [-0.2, 0) is 14.3 Å². The lowest BCUT2D eigenvalue weighted by Crippen LogP contribution is -2.45. The predicted molar refractivity (Wildman–Crippen MR) is 106 cm³/mol. The van der Waals surface area contributed by atoms with E-state index in [0.29, 0.717) is 0 Å². The molecule has 1 aliphatic carbocycles. The molecule has 0 fully saturated rings. The van der Waals surface area contributed by atoms with Gasteiger partial charge in [0, 0.05) is 11.8 Å². The normalized spacial score (nSPS) is 12.6. The van der Waals surface area contributed by atoms with Gasteiger partial charge in [0.15, 0.2) is 0 Å². The van der Waals surface area contributed by atoms with Gasteiger partial charge in [0.2, 0.25) is 5.91 Å². The Bertz CT molecular complexity index is 960. The van der Waals surface area contributed by atoms with E-state index in [-0.39, 0.29) is 19.1 Å². The minimum Gasteiger partial charge on any atom is -0.472 e. The second kappa shape index (κ2) is 8.93. The Kier molecular flexibility index (Phi) is 6.15. The van der Waals surface area contributed by atoms with Crippen molar-refractivity contribution >= 4 is 18.0 Å². The van der Waals surface area contributed by atoms with Crippen molar-refractivity contribution in [3.05, 3.63) is 59.7 Å². The number of benzene rings is 2. The van der Waals surface area contributed by atoms with Crippen LogP contribution >= 0.6 is 0 Å². The fraction of sp³-hybridized carbons (Fsp3) is 0.227. The molecule has 0 aromatic heterocycles. The van der Waals surface area contributed by atoms with E-state index in [1.165, 1.54) is 6.92 Å². The van der Waals surface area contributed by atoms with Crippen LogP contribution in [0.25, 0.3) is 11.1 Å². The van der Waals surface area contributed by atoms with Gasteiger partial charge >= 0.3 is 12.1 Å². The highest BCUT2D eigenvalue weighted by Gasteiger charge is 2.29. The summed E-state index contributed by atoms with van der Waals surface area (Å²) in [6, 6.07) is 15.2. The molecule has 0 radical (unpaired) electrons. The predicted octanol–water partition coefficient (Wildman–Crippen LogP) is 2.12. The van der Waals surface area contributed by atoms with Gasteiger partial charge in [-0.2, -0.15) is 0 Å². The van der Waals surface area contributed by atoms with Crippen molar-refractivity contribution in [2.24, 2.45) is 0 Å². The summed E-state index contributed by atoms with van der Waals surface area (Å²) in [6.07, 6.45) is -0.703. The summed E-state index contributed by atoms with van der Waals surface area (Å²) in [6.45, 7) is 1.53. The smallest absolute Gasteiger partial charge is 0.407 e. The average molecular weight is 392 g/mol. The van der Waals surface area contributed by atoms with E-state index in [0.717, 1.165) is 22.3 Å². The fourth-order valence-electron chi connectivity index (χ4n) is 3.29. The van der Waals surface area contributed by atoms with Crippen molar-refractivity contribution in [2.75, 3.05) is 13.2 Å². The highest BCUT2D eigenvalue weighted by atomic mass is 16.5. The first kappa shape index (κ1) is 20.0. The lowest BCUT2D eigenvalue weighted by Gasteiger charge is -2.16. The van der Waals surface area contributed by atoms with Crippen molar-refractivity contribution in [1.29, 1.82) is 0 Å². The highest BCUT2D eigenvalue weighted by Crippen LogP contribution is 2.44. The number of amides is 2. The van der Waals surface area contributed by atoms with Crippen LogP contribution in [0.1, 0.15) is 24.0 Å². The molecule has 0 unspecified atom stereocenters. The van der Waals surface area contributed by atoms with Crippen molar-refractivity contribution in [3.8, 4) is 23.0 Å². The molecule has 0 spiro atoms. The third-order valence-electron chi connectivity index (χ3n) is 4.62. The van der Waals surface area contributed by atoms with Gasteiger partial charge in [-0.3, -0.25) is 4.79 Å². The van der Waals surface area contributed by atoms with Crippen LogP contribution in [0, 0.1) is 11.8 Å². The maximum absolute atomic E-state index is 12.1. The van der Waals surface area contributed by atoms with Crippen molar-refractivity contribution < 1.29 is 24.2 Å². The number of carbonyl (C=O) groups excluding carboxylic acids is 2. The molecule has 2 aromatic carbocycles. The third kappa shape index (κ3) is 4.74. The molecule has 3 N–H and O–H groups in total. The minimum atomic E-state index is -1.27. The number of nitrogens with one attached hydrogen (secondary N) is 2. The zero-order valence-corrected chi connectivity index (χ0v) is 15.8. The van der Waals surface area contributed by atoms with Crippen LogP contribution in [-0.4, -0.2) is 42.3 Å². The number of fused-ring (bicyclic) bond motifs is 3. The Hall–Kier alpha value is -3.79. The summed E-state index contributed by atoms with van der Waals surface area (Å²) < 4.78 is 5.38.